The maximum Gasteiger partial charge on any atom is 0.232 e. The maximum atomic E-state index is 13.1. The molecule has 2 N–H and O–H groups in total. The zero-order valence-electron chi connectivity index (χ0n) is 15.1. The van der Waals surface area contributed by atoms with E-state index in [2.05, 4.69) is 20.4 Å². The van der Waals surface area contributed by atoms with E-state index in [1.54, 1.807) is 0 Å². The Bertz CT molecular complexity index is 803. The molecule has 2 aromatic heterocycles. The summed E-state index contributed by atoms with van der Waals surface area (Å²) >= 11 is 0. The molecule has 1 saturated carbocycles. The third-order valence-electron chi connectivity index (χ3n) is 6.34. The van der Waals surface area contributed by atoms with Gasteiger partial charge in [-0.1, -0.05) is 19.3 Å². The molecule has 5 rings (SSSR count). The number of aryl methyl sites for hydroxylation is 1. The van der Waals surface area contributed by atoms with Crippen molar-refractivity contribution in [2.24, 2.45) is 0 Å². The molecule has 0 radical (unpaired) electrons. The Balaban J connectivity index is 1.33. The number of rotatable bonds is 2. The highest BCUT2D eigenvalue weighted by Gasteiger charge is 2.35. The Morgan fingerprint density at radius 1 is 1.00 bits per heavy atom. The van der Waals surface area contributed by atoms with Gasteiger partial charge in [0.2, 0.25) is 5.91 Å². The second-order valence-electron chi connectivity index (χ2n) is 7.99. The average Bonchev–Trinajstić information content (AvgIpc) is 3.34. The van der Waals surface area contributed by atoms with Gasteiger partial charge in [0.15, 0.2) is 0 Å². The van der Waals surface area contributed by atoms with E-state index in [9.17, 15) is 4.79 Å². The molecule has 3 heterocycles. The highest BCUT2D eigenvalue weighted by molar-refractivity contribution is 5.84. The Morgan fingerprint density at radius 2 is 1.88 bits per heavy atom. The van der Waals surface area contributed by atoms with Gasteiger partial charge in [-0.15, -0.1) is 0 Å². The van der Waals surface area contributed by atoms with Crippen LogP contribution >= 0.6 is 0 Å². The molecule has 0 bridgehead atoms. The largest absolute Gasteiger partial charge is 0.344 e. The lowest BCUT2D eigenvalue weighted by atomic mass is 9.88. The van der Waals surface area contributed by atoms with Gasteiger partial charge in [0.05, 0.1) is 35.2 Å². The van der Waals surface area contributed by atoms with E-state index < -0.39 is 0 Å². The number of nitrogens with one attached hydrogen (secondary N) is 2. The van der Waals surface area contributed by atoms with Gasteiger partial charge in [-0.25, -0.2) is 4.98 Å². The zero-order chi connectivity index (χ0) is 17.5. The number of carbonyl (C=O) groups is 1. The molecule has 0 spiro atoms. The van der Waals surface area contributed by atoms with E-state index in [0.29, 0.717) is 12.5 Å². The van der Waals surface area contributed by atoms with Crippen molar-refractivity contribution < 1.29 is 4.79 Å². The van der Waals surface area contributed by atoms with Crippen molar-refractivity contribution in [1.29, 1.82) is 0 Å². The molecule has 0 aromatic carbocycles. The first kappa shape index (κ1) is 16.0. The number of hydrogen-bond donors (Lipinski definition) is 2. The number of amides is 1. The Morgan fingerprint density at radius 3 is 2.77 bits per heavy atom. The van der Waals surface area contributed by atoms with Crippen molar-refractivity contribution >= 4 is 5.91 Å². The standard InChI is InChI=1S/C19H26N6O/c26-19(13-7-4-8-15-17(13)23-24-22-15)25-10-9-14-16(11-25)21-18(20-14)12-5-2-1-3-6-12/h12-13H,1-11H2,(H,20,21)(H,22,23,24). The fraction of sp³-hybridized carbons (Fsp3) is 0.684. The van der Waals surface area contributed by atoms with Crippen molar-refractivity contribution in [3.05, 3.63) is 28.6 Å². The fourth-order valence-corrected chi connectivity index (χ4v) is 4.87. The van der Waals surface area contributed by atoms with Crippen molar-refractivity contribution in [2.75, 3.05) is 6.54 Å². The predicted octanol–water partition coefficient (Wildman–Crippen LogP) is 2.58. The summed E-state index contributed by atoms with van der Waals surface area (Å²) in [5.41, 5.74) is 4.13. The molecule has 26 heavy (non-hydrogen) atoms. The van der Waals surface area contributed by atoms with Crippen LogP contribution in [0.3, 0.4) is 0 Å². The number of H-pyrrole nitrogens is 2. The number of imidazole rings is 1. The first-order chi connectivity index (χ1) is 12.8. The van der Waals surface area contributed by atoms with Gasteiger partial charge in [-0.05, 0) is 32.1 Å². The third-order valence-corrected chi connectivity index (χ3v) is 6.34. The minimum absolute atomic E-state index is 0.139. The maximum absolute atomic E-state index is 13.1. The van der Waals surface area contributed by atoms with Crippen LogP contribution in [0.25, 0.3) is 0 Å². The monoisotopic (exact) mass is 354 g/mol. The van der Waals surface area contributed by atoms with Crippen LogP contribution in [-0.2, 0) is 24.2 Å². The summed E-state index contributed by atoms with van der Waals surface area (Å²) in [6, 6.07) is 0. The van der Waals surface area contributed by atoms with Gasteiger partial charge < -0.3 is 9.88 Å². The van der Waals surface area contributed by atoms with Crippen LogP contribution in [0.5, 0.6) is 0 Å². The van der Waals surface area contributed by atoms with Gasteiger partial charge in [0.1, 0.15) is 5.82 Å². The second-order valence-corrected chi connectivity index (χ2v) is 7.99. The normalized spacial score (nSPS) is 23.5. The minimum Gasteiger partial charge on any atom is -0.344 e. The van der Waals surface area contributed by atoms with Crippen LogP contribution in [0.4, 0.5) is 0 Å². The van der Waals surface area contributed by atoms with E-state index in [-0.39, 0.29) is 11.8 Å². The molecule has 7 heteroatoms. The number of nitrogens with zero attached hydrogens (tertiary/aromatic N) is 4. The third kappa shape index (κ3) is 2.73. The van der Waals surface area contributed by atoms with Crippen molar-refractivity contribution in [3.8, 4) is 0 Å². The SMILES string of the molecule is O=C(C1CCCc2n[nH]nc21)N1CCc2nc(C3CCCCC3)[nH]c2C1. The van der Waals surface area contributed by atoms with Gasteiger partial charge in [0, 0.05) is 18.9 Å². The van der Waals surface area contributed by atoms with Crippen molar-refractivity contribution in [1.82, 2.24) is 30.3 Å². The summed E-state index contributed by atoms with van der Waals surface area (Å²) in [7, 11) is 0. The van der Waals surface area contributed by atoms with E-state index in [1.165, 1.54) is 37.8 Å². The number of carbonyl (C=O) groups excluding carboxylic acids is 1. The lowest BCUT2D eigenvalue weighted by Gasteiger charge is -2.30. The lowest BCUT2D eigenvalue weighted by molar-refractivity contribution is -0.134. The smallest absolute Gasteiger partial charge is 0.232 e. The molecule has 7 nitrogen and oxygen atoms in total. The van der Waals surface area contributed by atoms with E-state index in [1.807, 2.05) is 4.90 Å². The minimum atomic E-state index is -0.139. The number of hydrogen-bond acceptors (Lipinski definition) is 4. The van der Waals surface area contributed by atoms with E-state index in [4.69, 9.17) is 4.98 Å². The first-order valence-electron chi connectivity index (χ1n) is 10.1. The molecule has 2 aliphatic carbocycles. The first-order valence-corrected chi connectivity index (χ1v) is 10.1. The van der Waals surface area contributed by atoms with Crippen LogP contribution in [0, 0.1) is 0 Å². The molecule has 3 aliphatic rings. The highest BCUT2D eigenvalue weighted by atomic mass is 16.2. The molecule has 138 valence electrons. The average molecular weight is 354 g/mol. The molecule has 1 unspecified atom stereocenters. The summed E-state index contributed by atoms with van der Waals surface area (Å²) < 4.78 is 0. The molecule has 1 fully saturated rings. The van der Waals surface area contributed by atoms with Gasteiger partial charge in [-0.3, -0.25) is 4.79 Å². The van der Waals surface area contributed by atoms with Crippen LogP contribution in [0.15, 0.2) is 0 Å². The number of fused-ring (bicyclic) bond motifs is 2. The van der Waals surface area contributed by atoms with Crippen molar-refractivity contribution in [2.45, 2.75) is 76.2 Å². The van der Waals surface area contributed by atoms with Crippen molar-refractivity contribution in [3.63, 3.8) is 0 Å². The van der Waals surface area contributed by atoms with Crippen LogP contribution in [-0.4, -0.2) is 42.7 Å². The summed E-state index contributed by atoms with van der Waals surface area (Å²) in [5.74, 6) is 1.79. The summed E-state index contributed by atoms with van der Waals surface area (Å²) in [6.45, 7) is 1.40. The summed E-state index contributed by atoms with van der Waals surface area (Å²) in [6.07, 6.45) is 10.1. The topological polar surface area (TPSA) is 90.6 Å². The molecule has 0 saturated heterocycles. The second kappa shape index (κ2) is 6.52. The molecular formula is C19H26N6O. The fourth-order valence-electron chi connectivity index (χ4n) is 4.87. The Hall–Kier alpha value is -2.18. The van der Waals surface area contributed by atoms with Crippen LogP contribution in [0.1, 0.15) is 85.4 Å². The van der Waals surface area contributed by atoms with Crippen LogP contribution < -0.4 is 0 Å². The Labute approximate surface area is 153 Å². The van der Waals surface area contributed by atoms with Gasteiger partial charge in [-0.2, -0.15) is 15.4 Å². The van der Waals surface area contributed by atoms with Crippen LogP contribution in [0.2, 0.25) is 0 Å². The van der Waals surface area contributed by atoms with E-state index >= 15 is 0 Å². The number of aromatic amines is 2. The summed E-state index contributed by atoms with van der Waals surface area (Å²) in [5, 5.41) is 11.2. The Kier molecular flexibility index (Phi) is 4.02. The quantitative estimate of drug-likeness (QED) is 0.867. The number of aromatic nitrogens is 5. The highest BCUT2D eigenvalue weighted by Crippen LogP contribution is 2.34. The molecule has 2 aromatic rings. The van der Waals surface area contributed by atoms with Gasteiger partial charge in [0.25, 0.3) is 0 Å². The molecule has 1 amide bonds. The molecule has 1 atom stereocenters. The zero-order valence-corrected chi connectivity index (χ0v) is 15.1. The van der Waals surface area contributed by atoms with E-state index in [0.717, 1.165) is 55.1 Å². The molecular weight excluding hydrogens is 328 g/mol. The predicted molar refractivity (Wildman–Crippen MR) is 95.6 cm³/mol. The van der Waals surface area contributed by atoms with Gasteiger partial charge >= 0.3 is 0 Å². The lowest BCUT2D eigenvalue weighted by Crippen LogP contribution is -2.40. The molecule has 1 aliphatic heterocycles. The summed E-state index contributed by atoms with van der Waals surface area (Å²) in [4.78, 5) is 23.6.